The first-order chi connectivity index (χ1) is 9.17. The SMILES string of the molecule is CCNC(=NCCCOCC)N1CC(C)CC(C)C1. The van der Waals surface area contributed by atoms with Crippen molar-refractivity contribution in [3.8, 4) is 0 Å². The Labute approximate surface area is 118 Å². The van der Waals surface area contributed by atoms with Gasteiger partial charge in [-0.05, 0) is 38.5 Å². The van der Waals surface area contributed by atoms with Gasteiger partial charge in [0, 0.05) is 39.4 Å². The first kappa shape index (κ1) is 16.3. The number of guanidine groups is 1. The highest BCUT2D eigenvalue weighted by Gasteiger charge is 2.23. The highest BCUT2D eigenvalue weighted by molar-refractivity contribution is 5.80. The Morgan fingerprint density at radius 1 is 1.26 bits per heavy atom. The molecule has 0 aromatic heterocycles. The second kappa shape index (κ2) is 9.18. The lowest BCUT2D eigenvalue weighted by Crippen LogP contribution is -2.48. The Morgan fingerprint density at radius 2 is 1.95 bits per heavy atom. The first-order valence-electron chi connectivity index (χ1n) is 7.78. The molecule has 2 atom stereocenters. The van der Waals surface area contributed by atoms with Crippen LogP contribution in [0.15, 0.2) is 4.99 Å². The Morgan fingerprint density at radius 3 is 2.53 bits per heavy atom. The van der Waals surface area contributed by atoms with Crippen LogP contribution in [-0.2, 0) is 4.74 Å². The van der Waals surface area contributed by atoms with Gasteiger partial charge in [-0.15, -0.1) is 0 Å². The van der Waals surface area contributed by atoms with Crippen molar-refractivity contribution in [1.29, 1.82) is 0 Å². The predicted molar refractivity (Wildman–Crippen MR) is 81.6 cm³/mol. The van der Waals surface area contributed by atoms with Gasteiger partial charge in [-0.2, -0.15) is 0 Å². The molecule has 0 bridgehead atoms. The van der Waals surface area contributed by atoms with E-state index in [2.05, 4.69) is 31.0 Å². The van der Waals surface area contributed by atoms with Crippen LogP contribution in [0.4, 0.5) is 0 Å². The minimum atomic E-state index is 0.760. The number of nitrogens with zero attached hydrogens (tertiary/aromatic N) is 2. The summed E-state index contributed by atoms with van der Waals surface area (Å²) in [5.41, 5.74) is 0. The molecule has 0 radical (unpaired) electrons. The second-order valence-electron chi connectivity index (χ2n) is 5.64. The number of likely N-dealkylation sites (tertiary alicyclic amines) is 1. The van der Waals surface area contributed by atoms with E-state index < -0.39 is 0 Å². The number of ether oxygens (including phenoxy) is 1. The molecule has 0 aromatic carbocycles. The van der Waals surface area contributed by atoms with Crippen molar-refractivity contribution < 1.29 is 4.74 Å². The van der Waals surface area contributed by atoms with Gasteiger partial charge in [0.1, 0.15) is 0 Å². The summed E-state index contributed by atoms with van der Waals surface area (Å²) in [5.74, 6) is 2.60. The van der Waals surface area contributed by atoms with Crippen LogP contribution in [0.1, 0.15) is 40.5 Å². The zero-order chi connectivity index (χ0) is 14.1. The van der Waals surface area contributed by atoms with E-state index >= 15 is 0 Å². The standard InChI is InChI=1S/C15H31N3O/c1-5-16-15(17-8-7-9-19-6-2)18-11-13(3)10-14(4)12-18/h13-14H,5-12H2,1-4H3,(H,16,17). The molecule has 1 fully saturated rings. The highest BCUT2D eigenvalue weighted by atomic mass is 16.5. The minimum Gasteiger partial charge on any atom is -0.382 e. The van der Waals surface area contributed by atoms with Crippen LogP contribution in [0.2, 0.25) is 0 Å². The molecule has 1 heterocycles. The Bertz CT molecular complexity index is 258. The lowest BCUT2D eigenvalue weighted by Gasteiger charge is -2.37. The van der Waals surface area contributed by atoms with Gasteiger partial charge in [0.05, 0.1) is 0 Å². The summed E-state index contributed by atoms with van der Waals surface area (Å²) >= 11 is 0. The largest absolute Gasteiger partial charge is 0.382 e. The maximum atomic E-state index is 5.35. The fourth-order valence-electron chi connectivity index (χ4n) is 2.76. The van der Waals surface area contributed by atoms with Crippen LogP contribution in [0.5, 0.6) is 0 Å². The fraction of sp³-hybridized carbons (Fsp3) is 0.933. The molecule has 1 aliphatic heterocycles. The van der Waals surface area contributed by atoms with E-state index in [1.807, 2.05) is 6.92 Å². The molecule has 4 heteroatoms. The van der Waals surface area contributed by atoms with E-state index in [1.165, 1.54) is 6.42 Å². The van der Waals surface area contributed by atoms with Gasteiger partial charge < -0.3 is 15.0 Å². The molecular formula is C15H31N3O. The summed E-state index contributed by atoms with van der Waals surface area (Å²) in [6.45, 7) is 14.5. The molecule has 1 rings (SSSR count). The molecule has 0 spiro atoms. The second-order valence-corrected chi connectivity index (χ2v) is 5.64. The summed E-state index contributed by atoms with van der Waals surface area (Å²) in [4.78, 5) is 7.15. The van der Waals surface area contributed by atoms with Crippen molar-refractivity contribution in [1.82, 2.24) is 10.2 Å². The molecule has 1 aliphatic rings. The van der Waals surface area contributed by atoms with Crippen LogP contribution in [-0.4, -0.2) is 50.3 Å². The summed E-state index contributed by atoms with van der Waals surface area (Å²) in [6.07, 6.45) is 2.34. The molecule has 0 aromatic rings. The summed E-state index contributed by atoms with van der Waals surface area (Å²) in [7, 11) is 0. The third-order valence-corrected chi connectivity index (χ3v) is 3.42. The zero-order valence-electron chi connectivity index (χ0n) is 13.1. The Balaban J connectivity index is 2.47. The van der Waals surface area contributed by atoms with E-state index in [0.717, 1.165) is 63.6 Å². The number of hydrogen-bond donors (Lipinski definition) is 1. The number of rotatable bonds is 6. The summed E-state index contributed by atoms with van der Waals surface area (Å²) in [6, 6.07) is 0. The summed E-state index contributed by atoms with van der Waals surface area (Å²) < 4.78 is 5.35. The molecule has 4 nitrogen and oxygen atoms in total. The molecule has 0 aliphatic carbocycles. The van der Waals surface area contributed by atoms with Gasteiger partial charge in [0.2, 0.25) is 0 Å². The number of hydrogen-bond acceptors (Lipinski definition) is 2. The highest BCUT2D eigenvalue weighted by Crippen LogP contribution is 2.20. The van der Waals surface area contributed by atoms with E-state index in [9.17, 15) is 0 Å². The lowest BCUT2D eigenvalue weighted by atomic mass is 9.92. The lowest BCUT2D eigenvalue weighted by molar-refractivity contribution is 0.146. The van der Waals surface area contributed by atoms with E-state index in [0.29, 0.717) is 0 Å². The normalized spacial score (nSPS) is 24.6. The average molecular weight is 269 g/mol. The van der Waals surface area contributed by atoms with Gasteiger partial charge in [-0.25, -0.2) is 0 Å². The smallest absolute Gasteiger partial charge is 0.193 e. The first-order valence-corrected chi connectivity index (χ1v) is 7.78. The van der Waals surface area contributed by atoms with Crippen LogP contribution in [0.3, 0.4) is 0 Å². The fourth-order valence-corrected chi connectivity index (χ4v) is 2.76. The third-order valence-electron chi connectivity index (χ3n) is 3.42. The van der Waals surface area contributed by atoms with Crippen molar-refractivity contribution in [3.05, 3.63) is 0 Å². The zero-order valence-corrected chi connectivity index (χ0v) is 13.1. The molecule has 1 N–H and O–H groups in total. The molecule has 2 unspecified atom stereocenters. The molecule has 0 saturated carbocycles. The molecule has 19 heavy (non-hydrogen) atoms. The van der Waals surface area contributed by atoms with Crippen molar-refractivity contribution in [2.24, 2.45) is 16.8 Å². The quantitative estimate of drug-likeness (QED) is 0.457. The molecule has 0 amide bonds. The molecular weight excluding hydrogens is 238 g/mol. The number of aliphatic imine (C=N–C) groups is 1. The maximum absolute atomic E-state index is 5.35. The number of piperidine rings is 1. The molecule has 1 saturated heterocycles. The van der Waals surface area contributed by atoms with Crippen molar-refractivity contribution in [2.45, 2.75) is 40.5 Å². The van der Waals surface area contributed by atoms with Crippen molar-refractivity contribution >= 4 is 5.96 Å². The van der Waals surface area contributed by atoms with Gasteiger partial charge in [0.15, 0.2) is 5.96 Å². The van der Waals surface area contributed by atoms with Gasteiger partial charge in [0.25, 0.3) is 0 Å². The monoisotopic (exact) mass is 269 g/mol. The van der Waals surface area contributed by atoms with Crippen LogP contribution in [0.25, 0.3) is 0 Å². The van der Waals surface area contributed by atoms with Crippen LogP contribution < -0.4 is 5.32 Å². The van der Waals surface area contributed by atoms with Crippen molar-refractivity contribution in [3.63, 3.8) is 0 Å². The third kappa shape index (κ3) is 6.28. The van der Waals surface area contributed by atoms with E-state index in [-0.39, 0.29) is 0 Å². The minimum absolute atomic E-state index is 0.760. The Hall–Kier alpha value is -0.770. The topological polar surface area (TPSA) is 36.9 Å². The van der Waals surface area contributed by atoms with Gasteiger partial charge in [-0.1, -0.05) is 13.8 Å². The van der Waals surface area contributed by atoms with Gasteiger partial charge >= 0.3 is 0 Å². The van der Waals surface area contributed by atoms with E-state index in [1.54, 1.807) is 0 Å². The maximum Gasteiger partial charge on any atom is 0.193 e. The van der Waals surface area contributed by atoms with Crippen molar-refractivity contribution in [2.75, 3.05) is 39.4 Å². The Kier molecular flexibility index (Phi) is 7.87. The summed E-state index contributed by atoms with van der Waals surface area (Å²) in [5, 5.41) is 3.42. The molecule has 112 valence electrons. The van der Waals surface area contributed by atoms with Gasteiger partial charge in [-0.3, -0.25) is 4.99 Å². The average Bonchev–Trinajstić information content (AvgIpc) is 2.36. The van der Waals surface area contributed by atoms with Crippen LogP contribution in [0, 0.1) is 11.8 Å². The predicted octanol–water partition coefficient (Wildman–Crippen LogP) is 2.36. The van der Waals surface area contributed by atoms with E-state index in [4.69, 9.17) is 9.73 Å². The number of nitrogens with one attached hydrogen (secondary N) is 1. The van der Waals surface area contributed by atoms with Crippen LogP contribution >= 0.6 is 0 Å².